The van der Waals surface area contributed by atoms with E-state index >= 15 is 0 Å². The summed E-state index contributed by atoms with van der Waals surface area (Å²) in [5, 5.41) is 17.8. The highest BCUT2D eigenvalue weighted by molar-refractivity contribution is 5.72. The third kappa shape index (κ3) is 10.7. The molecule has 2 aliphatic heterocycles. The Bertz CT molecular complexity index is 594. The zero-order valence-electron chi connectivity index (χ0n) is 19.8. The van der Waals surface area contributed by atoms with Crippen molar-refractivity contribution < 1.29 is 34.1 Å². The summed E-state index contributed by atoms with van der Waals surface area (Å²) in [5.41, 5.74) is -0.925. The summed E-state index contributed by atoms with van der Waals surface area (Å²) in [7, 11) is 0. The number of aliphatic hydroxyl groups excluding tert-OH is 1. The van der Waals surface area contributed by atoms with Crippen LogP contribution in [0.3, 0.4) is 0 Å². The van der Waals surface area contributed by atoms with E-state index in [-0.39, 0.29) is 24.7 Å². The second-order valence-corrected chi connectivity index (χ2v) is 10.2. The topological polar surface area (TPSA) is 117 Å². The first kappa shape index (κ1) is 27.0. The lowest BCUT2D eigenvalue weighted by atomic mass is 9.97. The largest absolute Gasteiger partial charge is 0.481 e. The van der Waals surface area contributed by atoms with Gasteiger partial charge in [0.25, 0.3) is 0 Å². The average molecular weight is 445 g/mol. The van der Waals surface area contributed by atoms with E-state index in [2.05, 4.69) is 0 Å². The van der Waals surface area contributed by atoms with Crippen LogP contribution in [0, 0.1) is 11.8 Å². The minimum atomic E-state index is -0.774. The Balaban J connectivity index is 0.000000311. The molecule has 0 bridgehead atoms. The Labute approximate surface area is 185 Å². The number of amides is 2. The number of carboxylic acid groups (broad SMARTS) is 1. The predicted octanol–water partition coefficient (Wildman–Crippen LogP) is 3.34. The molecular formula is C22H40N2O7. The number of nitrogens with zero attached hydrogens (tertiary/aromatic N) is 2. The number of hydrogen-bond acceptors (Lipinski definition) is 6. The number of aliphatic carboxylic acids is 1. The molecule has 0 aromatic carbocycles. The number of likely N-dealkylation sites (tertiary alicyclic amines) is 2. The minimum absolute atomic E-state index is 0.224. The molecule has 0 aliphatic carbocycles. The van der Waals surface area contributed by atoms with E-state index in [4.69, 9.17) is 19.7 Å². The number of rotatable bonds is 2. The quantitative estimate of drug-likeness (QED) is 0.671. The molecule has 2 N–H and O–H groups in total. The lowest BCUT2D eigenvalue weighted by Gasteiger charge is -2.32. The number of piperidine rings is 2. The number of carboxylic acids is 1. The zero-order chi connectivity index (χ0) is 23.8. The van der Waals surface area contributed by atoms with Crippen LogP contribution in [0.5, 0.6) is 0 Å². The number of carbonyl (C=O) groups excluding carboxylic acids is 2. The second-order valence-electron chi connectivity index (χ2n) is 10.2. The van der Waals surface area contributed by atoms with Gasteiger partial charge in [-0.2, -0.15) is 0 Å². The van der Waals surface area contributed by atoms with Crippen LogP contribution in [0.4, 0.5) is 9.59 Å². The van der Waals surface area contributed by atoms with Gasteiger partial charge < -0.3 is 29.5 Å². The highest BCUT2D eigenvalue weighted by Crippen LogP contribution is 2.20. The van der Waals surface area contributed by atoms with Gasteiger partial charge in [-0.15, -0.1) is 0 Å². The molecule has 0 radical (unpaired) electrons. The molecule has 9 heteroatoms. The van der Waals surface area contributed by atoms with Crippen LogP contribution in [-0.4, -0.2) is 82.2 Å². The van der Waals surface area contributed by atoms with Crippen molar-refractivity contribution in [3.8, 4) is 0 Å². The maximum absolute atomic E-state index is 11.6. The Morgan fingerprint density at radius 3 is 1.42 bits per heavy atom. The van der Waals surface area contributed by atoms with Gasteiger partial charge in [-0.05, 0) is 73.1 Å². The van der Waals surface area contributed by atoms with Crippen LogP contribution in [0.15, 0.2) is 0 Å². The molecule has 9 nitrogen and oxygen atoms in total. The molecular weight excluding hydrogens is 404 g/mol. The molecule has 31 heavy (non-hydrogen) atoms. The van der Waals surface area contributed by atoms with Crippen molar-refractivity contribution >= 4 is 18.2 Å². The fraction of sp³-hybridized carbons (Fsp3) is 0.864. The first-order valence-corrected chi connectivity index (χ1v) is 11.0. The summed E-state index contributed by atoms with van der Waals surface area (Å²) in [6.07, 6.45) is 2.17. The molecule has 0 saturated carbocycles. The Morgan fingerprint density at radius 2 is 1.13 bits per heavy atom. The lowest BCUT2D eigenvalue weighted by Crippen LogP contribution is -2.42. The van der Waals surface area contributed by atoms with Crippen molar-refractivity contribution in [3.05, 3.63) is 0 Å². The molecule has 2 heterocycles. The first-order chi connectivity index (χ1) is 14.2. The molecule has 2 saturated heterocycles. The van der Waals surface area contributed by atoms with Crippen molar-refractivity contribution in [2.75, 3.05) is 32.8 Å². The fourth-order valence-electron chi connectivity index (χ4n) is 3.26. The Kier molecular flexibility index (Phi) is 10.1. The summed E-state index contributed by atoms with van der Waals surface area (Å²) in [5.74, 6) is -0.744. The molecule has 0 aromatic heterocycles. The first-order valence-electron chi connectivity index (χ1n) is 11.0. The van der Waals surface area contributed by atoms with Gasteiger partial charge in [0.05, 0.1) is 5.92 Å². The van der Waals surface area contributed by atoms with Crippen LogP contribution < -0.4 is 0 Å². The Hall–Kier alpha value is -2.03. The third-order valence-corrected chi connectivity index (χ3v) is 5.02. The minimum Gasteiger partial charge on any atom is -0.481 e. The molecule has 2 fully saturated rings. The molecule has 180 valence electrons. The van der Waals surface area contributed by atoms with Crippen LogP contribution >= 0.6 is 0 Å². The van der Waals surface area contributed by atoms with Gasteiger partial charge in [0.2, 0.25) is 0 Å². The van der Waals surface area contributed by atoms with Gasteiger partial charge in [0.1, 0.15) is 11.2 Å². The molecule has 0 atom stereocenters. The molecule has 2 aliphatic rings. The zero-order valence-corrected chi connectivity index (χ0v) is 19.8. The van der Waals surface area contributed by atoms with Crippen molar-refractivity contribution in [1.82, 2.24) is 9.80 Å². The average Bonchev–Trinajstić information content (AvgIpc) is 2.66. The van der Waals surface area contributed by atoms with Crippen molar-refractivity contribution in [2.45, 2.75) is 78.4 Å². The van der Waals surface area contributed by atoms with Gasteiger partial charge in [0, 0.05) is 32.8 Å². The van der Waals surface area contributed by atoms with E-state index in [0.29, 0.717) is 44.9 Å². The standard InChI is InChI=1S/C11H19NO4.C11H21NO3/c1-11(2,3)16-10(15)12-6-4-8(5-7-12)9(13)14;1-11(2,3)15-10(14)12-6-4-9(8-13)5-7-12/h8H,4-7H2,1-3H3,(H,13,14);9,13H,4-8H2,1-3H3. The van der Waals surface area contributed by atoms with E-state index in [9.17, 15) is 14.4 Å². The van der Waals surface area contributed by atoms with Crippen molar-refractivity contribution in [1.29, 1.82) is 0 Å². The van der Waals surface area contributed by atoms with E-state index in [0.717, 1.165) is 12.8 Å². The number of aliphatic hydroxyl groups is 1. The maximum atomic E-state index is 11.6. The summed E-state index contributed by atoms with van der Waals surface area (Å²) in [4.78, 5) is 37.3. The van der Waals surface area contributed by atoms with Gasteiger partial charge in [-0.3, -0.25) is 4.79 Å². The van der Waals surface area contributed by atoms with Crippen molar-refractivity contribution in [3.63, 3.8) is 0 Å². The second kappa shape index (κ2) is 11.5. The van der Waals surface area contributed by atoms with E-state index in [1.165, 1.54) is 0 Å². The van der Waals surface area contributed by atoms with Gasteiger partial charge in [-0.1, -0.05) is 0 Å². The monoisotopic (exact) mass is 444 g/mol. The normalized spacial score (nSPS) is 18.7. The summed E-state index contributed by atoms with van der Waals surface area (Å²) < 4.78 is 10.5. The summed E-state index contributed by atoms with van der Waals surface area (Å²) in [6, 6.07) is 0. The SMILES string of the molecule is CC(C)(C)OC(=O)N1CCC(C(=O)O)CC1.CC(C)(C)OC(=O)N1CCC(CO)CC1. The van der Waals surface area contributed by atoms with Crippen LogP contribution in [-0.2, 0) is 14.3 Å². The summed E-state index contributed by atoms with van der Waals surface area (Å²) in [6.45, 7) is 13.6. The highest BCUT2D eigenvalue weighted by Gasteiger charge is 2.29. The maximum Gasteiger partial charge on any atom is 0.410 e. The molecule has 2 rings (SSSR count). The van der Waals surface area contributed by atoms with E-state index < -0.39 is 17.2 Å². The highest BCUT2D eigenvalue weighted by atomic mass is 16.6. The smallest absolute Gasteiger partial charge is 0.410 e. The fourth-order valence-corrected chi connectivity index (χ4v) is 3.26. The van der Waals surface area contributed by atoms with Gasteiger partial charge in [0.15, 0.2) is 0 Å². The Morgan fingerprint density at radius 1 is 0.774 bits per heavy atom. The van der Waals surface area contributed by atoms with Gasteiger partial charge >= 0.3 is 18.2 Å². The van der Waals surface area contributed by atoms with Crippen LogP contribution in [0.2, 0.25) is 0 Å². The van der Waals surface area contributed by atoms with Crippen LogP contribution in [0.1, 0.15) is 67.2 Å². The molecule has 0 spiro atoms. The molecule has 0 aromatic rings. The third-order valence-electron chi connectivity index (χ3n) is 5.02. The van der Waals surface area contributed by atoms with Gasteiger partial charge in [-0.25, -0.2) is 9.59 Å². The number of carbonyl (C=O) groups is 3. The predicted molar refractivity (Wildman–Crippen MR) is 116 cm³/mol. The number of ether oxygens (including phenoxy) is 2. The van der Waals surface area contributed by atoms with Crippen LogP contribution in [0.25, 0.3) is 0 Å². The lowest BCUT2D eigenvalue weighted by molar-refractivity contribution is -0.143. The molecule has 2 amide bonds. The number of hydrogen-bond donors (Lipinski definition) is 2. The summed E-state index contributed by atoms with van der Waals surface area (Å²) >= 11 is 0. The van der Waals surface area contributed by atoms with Crippen molar-refractivity contribution in [2.24, 2.45) is 11.8 Å². The van der Waals surface area contributed by atoms with E-state index in [1.807, 2.05) is 41.5 Å². The molecule has 0 unspecified atom stereocenters. The van der Waals surface area contributed by atoms with E-state index in [1.54, 1.807) is 9.80 Å².